The minimum Gasteiger partial charge on any atom is -0.464 e. The largest absolute Gasteiger partial charge is 0.464 e. The summed E-state index contributed by atoms with van der Waals surface area (Å²) in [5.41, 5.74) is 1.42. The lowest BCUT2D eigenvalue weighted by Gasteiger charge is -2.19. The molecular formula is C22H33N7O5S. The van der Waals surface area contributed by atoms with Crippen molar-refractivity contribution in [3.05, 3.63) is 12.7 Å². The van der Waals surface area contributed by atoms with Crippen molar-refractivity contribution in [2.75, 3.05) is 25.4 Å². The van der Waals surface area contributed by atoms with Gasteiger partial charge in [0.15, 0.2) is 5.65 Å². The Morgan fingerprint density at radius 2 is 1.77 bits per heavy atom. The topological polar surface area (TPSA) is 168 Å². The summed E-state index contributed by atoms with van der Waals surface area (Å²) in [6, 6.07) is -0.767. The summed E-state index contributed by atoms with van der Waals surface area (Å²) in [5.74, 6) is -0.792. The summed E-state index contributed by atoms with van der Waals surface area (Å²) in [5, 5.41) is 8.37. The van der Waals surface area contributed by atoms with E-state index in [9.17, 15) is 19.2 Å². The molecule has 192 valence electrons. The Labute approximate surface area is 208 Å². The van der Waals surface area contributed by atoms with E-state index in [0.717, 1.165) is 22.7 Å². The molecule has 13 heteroatoms. The first-order chi connectivity index (χ1) is 16.8. The Morgan fingerprint density at radius 3 is 2.51 bits per heavy atom. The Kier molecular flexibility index (Phi) is 11.9. The first kappa shape index (κ1) is 28.0. The number of aromatic amines is 1. The standard InChI is InChI=1S/C22H33N7O5S/c1-4-34-22(33)15(9-14(2)3)29-18(32)11-24-17(31)10-23-16(30)7-5-6-8-35-21-19-20(26-12-25-19)27-13-28-21/h12-15H,4-11H2,1-3H3,(H,23,30)(H,24,31)(H,29,32)(H,25,26,27,28). The minimum absolute atomic E-state index is 0.174. The van der Waals surface area contributed by atoms with Crippen LogP contribution in [-0.2, 0) is 23.9 Å². The molecule has 0 aliphatic carbocycles. The second kappa shape index (κ2) is 14.9. The quantitative estimate of drug-likeness (QED) is 0.119. The van der Waals surface area contributed by atoms with Gasteiger partial charge in [0.05, 0.1) is 26.0 Å². The Morgan fingerprint density at radius 1 is 1.03 bits per heavy atom. The molecule has 35 heavy (non-hydrogen) atoms. The van der Waals surface area contributed by atoms with Crippen LogP contribution in [0.4, 0.5) is 0 Å². The molecule has 1 unspecified atom stereocenters. The number of aromatic nitrogens is 4. The third-order valence-corrected chi connectivity index (χ3v) is 5.81. The van der Waals surface area contributed by atoms with Crippen molar-refractivity contribution in [1.29, 1.82) is 0 Å². The number of fused-ring (bicyclic) bond motifs is 1. The van der Waals surface area contributed by atoms with Crippen molar-refractivity contribution in [2.24, 2.45) is 5.92 Å². The number of H-pyrrole nitrogens is 1. The number of carbonyl (C=O) groups excluding carboxylic acids is 4. The number of unbranched alkanes of at least 4 members (excludes halogenated alkanes) is 1. The molecule has 2 rings (SSSR count). The van der Waals surface area contributed by atoms with Crippen molar-refractivity contribution in [2.45, 2.75) is 57.5 Å². The number of amides is 3. The molecule has 1 atom stereocenters. The molecule has 0 radical (unpaired) electrons. The molecule has 0 bridgehead atoms. The fraction of sp³-hybridized carbons (Fsp3) is 0.591. The number of nitrogens with one attached hydrogen (secondary N) is 4. The fourth-order valence-electron chi connectivity index (χ4n) is 3.09. The minimum atomic E-state index is -0.767. The van der Waals surface area contributed by atoms with E-state index >= 15 is 0 Å². The predicted molar refractivity (Wildman–Crippen MR) is 130 cm³/mol. The maximum atomic E-state index is 12.1. The summed E-state index contributed by atoms with van der Waals surface area (Å²) >= 11 is 1.56. The zero-order chi connectivity index (χ0) is 25.6. The number of nitrogens with zero attached hydrogens (tertiary/aromatic N) is 3. The predicted octanol–water partition coefficient (Wildman–Crippen LogP) is 0.942. The van der Waals surface area contributed by atoms with Crippen molar-refractivity contribution in [3.63, 3.8) is 0 Å². The monoisotopic (exact) mass is 507 g/mol. The molecule has 12 nitrogen and oxygen atoms in total. The summed E-state index contributed by atoms with van der Waals surface area (Å²) < 4.78 is 4.98. The van der Waals surface area contributed by atoms with Crippen LogP contribution in [0.15, 0.2) is 17.7 Å². The van der Waals surface area contributed by atoms with Crippen LogP contribution >= 0.6 is 11.8 Å². The number of carbonyl (C=O) groups is 4. The van der Waals surface area contributed by atoms with Crippen molar-refractivity contribution >= 4 is 46.6 Å². The molecule has 0 saturated carbocycles. The van der Waals surface area contributed by atoms with Gasteiger partial charge in [0, 0.05) is 6.42 Å². The Balaban J connectivity index is 1.58. The summed E-state index contributed by atoms with van der Waals surface area (Å²) in [6.07, 6.45) is 5.21. The highest BCUT2D eigenvalue weighted by Crippen LogP contribution is 2.22. The van der Waals surface area contributed by atoms with E-state index < -0.39 is 23.8 Å². The molecular weight excluding hydrogens is 474 g/mol. The first-order valence-electron chi connectivity index (χ1n) is 11.6. The second-order valence-corrected chi connectivity index (χ2v) is 9.22. The van der Waals surface area contributed by atoms with E-state index in [1.807, 2.05) is 13.8 Å². The summed E-state index contributed by atoms with van der Waals surface area (Å²) in [6.45, 7) is 5.24. The third-order valence-electron chi connectivity index (χ3n) is 4.73. The van der Waals surface area contributed by atoms with Gasteiger partial charge in [-0.1, -0.05) is 13.8 Å². The zero-order valence-electron chi connectivity index (χ0n) is 20.3. The number of hydrogen-bond donors (Lipinski definition) is 4. The van der Waals surface area contributed by atoms with Crippen LogP contribution in [-0.4, -0.2) is 75.1 Å². The van der Waals surface area contributed by atoms with E-state index in [4.69, 9.17) is 4.74 Å². The van der Waals surface area contributed by atoms with Gasteiger partial charge in [-0.15, -0.1) is 11.8 Å². The molecule has 4 N–H and O–H groups in total. The Hall–Kier alpha value is -3.22. The van der Waals surface area contributed by atoms with Gasteiger partial charge in [-0.3, -0.25) is 14.4 Å². The van der Waals surface area contributed by atoms with Gasteiger partial charge in [-0.25, -0.2) is 19.7 Å². The smallest absolute Gasteiger partial charge is 0.328 e. The van der Waals surface area contributed by atoms with E-state index in [0.29, 0.717) is 18.5 Å². The normalized spacial score (nSPS) is 11.8. The van der Waals surface area contributed by atoms with Gasteiger partial charge < -0.3 is 25.7 Å². The van der Waals surface area contributed by atoms with Gasteiger partial charge in [-0.2, -0.15) is 0 Å². The average Bonchev–Trinajstić information content (AvgIpc) is 3.30. The highest BCUT2D eigenvalue weighted by molar-refractivity contribution is 7.99. The number of imidazole rings is 1. The lowest BCUT2D eigenvalue weighted by atomic mass is 10.0. The zero-order valence-corrected chi connectivity index (χ0v) is 21.1. The van der Waals surface area contributed by atoms with Gasteiger partial charge in [0.25, 0.3) is 0 Å². The molecule has 2 heterocycles. The van der Waals surface area contributed by atoms with Crippen LogP contribution in [0, 0.1) is 5.92 Å². The molecule has 2 aromatic rings. The highest BCUT2D eigenvalue weighted by Gasteiger charge is 2.23. The number of esters is 1. The van der Waals surface area contributed by atoms with E-state index in [1.54, 1.807) is 25.0 Å². The maximum absolute atomic E-state index is 12.1. The van der Waals surface area contributed by atoms with E-state index in [2.05, 4.69) is 35.9 Å². The van der Waals surface area contributed by atoms with Gasteiger partial charge in [-0.05, 0) is 37.9 Å². The van der Waals surface area contributed by atoms with Gasteiger partial charge in [0.2, 0.25) is 17.7 Å². The molecule has 2 aromatic heterocycles. The van der Waals surface area contributed by atoms with E-state index in [-0.39, 0.29) is 37.9 Å². The SMILES string of the molecule is CCOC(=O)C(CC(C)C)NC(=O)CNC(=O)CNC(=O)CCCCSc1ncnc2nc[nH]c12. The van der Waals surface area contributed by atoms with Crippen LogP contribution in [0.3, 0.4) is 0 Å². The molecule has 0 aliphatic heterocycles. The van der Waals surface area contributed by atoms with Crippen LogP contribution in [0.5, 0.6) is 0 Å². The van der Waals surface area contributed by atoms with Crippen molar-refractivity contribution < 1.29 is 23.9 Å². The highest BCUT2D eigenvalue weighted by atomic mass is 32.2. The van der Waals surface area contributed by atoms with Crippen molar-refractivity contribution in [3.8, 4) is 0 Å². The lowest BCUT2D eigenvalue weighted by molar-refractivity contribution is -0.147. The summed E-state index contributed by atoms with van der Waals surface area (Å²) in [7, 11) is 0. The molecule has 3 amide bonds. The Bertz CT molecular complexity index is 997. The van der Waals surface area contributed by atoms with Crippen LogP contribution in [0.2, 0.25) is 0 Å². The molecule has 0 aromatic carbocycles. The first-order valence-corrected chi connectivity index (χ1v) is 12.5. The molecule has 0 spiro atoms. The number of thioether (sulfide) groups is 1. The molecule has 0 aliphatic rings. The number of hydrogen-bond acceptors (Lipinski definition) is 9. The van der Waals surface area contributed by atoms with Gasteiger partial charge in [0.1, 0.15) is 22.9 Å². The van der Waals surface area contributed by atoms with Crippen LogP contribution in [0.25, 0.3) is 11.2 Å². The average molecular weight is 508 g/mol. The summed E-state index contributed by atoms with van der Waals surface area (Å²) in [4.78, 5) is 63.4. The fourth-order valence-corrected chi connectivity index (χ4v) is 4.05. The van der Waals surface area contributed by atoms with Crippen LogP contribution < -0.4 is 16.0 Å². The number of ether oxygens (including phenoxy) is 1. The second-order valence-electron chi connectivity index (χ2n) is 8.14. The van der Waals surface area contributed by atoms with Crippen LogP contribution in [0.1, 0.15) is 46.5 Å². The van der Waals surface area contributed by atoms with Gasteiger partial charge >= 0.3 is 5.97 Å². The van der Waals surface area contributed by atoms with Crippen molar-refractivity contribution in [1.82, 2.24) is 35.9 Å². The number of rotatable bonds is 15. The lowest BCUT2D eigenvalue weighted by Crippen LogP contribution is -2.48. The maximum Gasteiger partial charge on any atom is 0.328 e. The molecule has 0 saturated heterocycles. The third kappa shape index (κ3) is 10.3. The van der Waals surface area contributed by atoms with E-state index in [1.165, 1.54) is 6.33 Å². The molecule has 0 fully saturated rings.